The van der Waals surface area contributed by atoms with Gasteiger partial charge >= 0.3 is 0 Å². The second-order valence-corrected chi connectivity index (χ2v) is 7.59. The Morgan fingerprint density at radius 3 is 2.68 bits per heavy atom. The van der Waals surface area contributed by atoms with Gasteiger partial charge in [-0.3, -0.25) is 0 Å². The quantitative estimate of drug-likeness (QED) is 0.692. The normalized spacial score (nSPS) is 13.0. The van der Waals surface area contributed by atoms with Gasteiger partial charge in [-0.2, -0.15) is 0 Å². The Hall–Kier alpha value is -2.25. The van der Waals surface area contributed by atoms with E-state index in [1.54, 1.807) is 18.2 Å². The van der Waals surface area contributed by atoms with Gasteiger partial charge in [-0.1, -0.05) is 30.3 Å². The molecule has 134 valence electrons. The number of hydrogen-bond donors (Lipinski definition) is 1. The molecule has 0 aliphatic carbocycles. The van der Waals surface area contributed by atoms with Crippen molar-refractivity contribution in [2.75, 3.05) is 25.7 Å². The van der Waals surface area contributed by atoms with Gasteiger partial charge in [0.25, 0.3) is 0 Å². The number of rotatable bonds is 9. The van der Waals surface area contributed by atoms with Crippen LogP contribution in [0.3, 0.4) is 0 Å². The molecule has 7 heteroatoms. The van der Waals surface area contributed by atoms with E-state index in [2.05, 4.69) is 4.72 Å². The lowest BCUT2D eigenvalue weighted by atomic mass is 10.2. The maximum atomic E-state index is 12.0. The van der Waals surface area contributed by atoms with Gasteiger partial charge in [0.05, 0.1) is 12.4 Å². The Balaban J connectivity index is 1.36. The molecule has 0 saturated heterocycles. The van der Waals surface area contributed by atoms with Crippen molar-refractivity contribution in [2.24, 2.45) is 0 Å². The van der Waals surface area contributed by atoms with Crippen LogP contribution in [-0.2, 0) is 16.4 Å². The highest BCUT2D eigenvalue weighted by atomic mass is 32.2. The molecule has 0 spiro atoms. The van der Waals surface area contributed by atoms with Crippen LogP contribution in [0.15, 0.2) is 48.5 Å². The van der Waals surface area contributed by atoms with Gasteiger partial charge in [0, 0.05) is 12.6 Å². The van der Waals surface area contributed by atoms with Crippen LogP contribution in [0.25, 0.3) is 0 Å². The van der Waals surface area contributed by atoms with Crippen LogP contribution < -0.4 is 18.9 Å². The molecule has 0 unspecified atom stereocenters. The van der Waals surface area contributed by atoms with E-state index in [-0.39, 0.29) is 12.5 Å². The predicted molar refractivity (Wildman–Crippen MR) is 94.6 cm³/mol. The molecule has 6 nitrogen and oxygen atoms in total. The van der Waals surface area contributed by atoms with Gasteiger partial charge < -0.3 is 14.2 Å². The molecule has 1 aliphatic heterocycles. The molecule has 0 fully saturated rings. The zero-order valence-electron chi connectivity index (χ0n) is 13.8. The van der Waals surface area contributed by atoms with Gasteiger partial charge in [-0.25, -0.2) is 13.1 Å². The Kier molecular flexibility index (Phi) is 5.78. The molecule has 3 rings (SSSR count). The molecule has 0 amide bonds. The smallest absolute Gasteiger partial charge is 0.231 e. The van der Waals surface area contributed by atoms with Gasteiger partial charge in [-0.15, -0.1) is 0 Å². The van der Waals surface area contributed by atoms with E-state index < -0.39 is 10.0 Å². The first-order valence-electron chi connectivity index (χ1n) is 8.16. The van der Waals surface area contributed by atoms with Gasteiger partial charge in [-0.05, 0) is 30.5 Å². The van der Waals surface area contributed by atoms with E-state index in [0.717, 1.165) is 5.56 Å². The number of fused-ring (bicyclic) bond motifs is 1. The fourth-order valence-corrected chi connectivity index (χ4v) is 3.53. The van der Waals surface area contributed by atoms with Crippen molar-refractivity contribution in [1.82, 2.24) is 4.72 Å². The van der Waals surface area contributed by atoms with Crippen LogP contribution >= 0.6 is 0 Å². The Morgan fingerprint density at radius 2 is 1.84 bits per heavy atom. The molecule has 0 bridgehead atoms. The first-order chi connectivity index (χ1) is 12.1. The van der Waals surface area contributed by atoms with Gasteiger partial charge in [0.15, 0.2) is 11.5 Å². The van der Waals surface area contributed by atoms with Crippen molar-refractivity contribution in [3.05, 3.63) is 54.1 Å². The summed E-state index contributed by atoms with van der Waals surface area (Å²) in [5, 5.41) is 0. The third kappa shape index (κ3) is 5.37. The van der Waals surface area contributed by atoms with Crippen molar-refractivity contribution >= 4 is 10.0 Å². The lowest BCUT2D eigenvalue weighted by Gasteiger charge is -2.09. The molecule has 0 radical (unpaired) electrons. The van der Waals surface area contributed by atoms with Crippen molar-refractivity contribution in [2.45, 2.75) is 12.8 Å². The standard InChI is InChI=1S/C18H21NO5S/c20-25(21,19-10-9-15-5-2-1-3-6-15)12-4-11-22-16-7-8-17-18(13-16)24-14-23-17/h1-3,5-8,13,19H,4,9-12,14H2. The molecule has 2 aromatic carbocycles. The summed E-state index contributed by atoms with van der Waals surface area (Å²) in [7, 11) is -3.29. The van der Waals surface area contributed by atoms with E-state index in [1.165, 1.54) is 0 Å². The maximum Gasteiger partial charge on any atom is 0.231 e. The summed E-state index contributed by atoms with van der Waals surface area (Å²) in [5.74, 6) is 2.01. The molecule has 0 atom stereocenters. The Labute approximate surface area is 147 Å². The predicted octanol–water partition coefficient (Wildman–Crippen LogP) is 2.35. The SMILES string of the molecule is O=S(=O)(CCCOc1ccc2c(c1)OCO2)NCCc1ccccc1. The van der Waals surface area contributed by atoms with E-state index in [4.69, 9.17) is 14.2 Å². The fourth-order valence-electron chi connectivity index (χ4n) is 2.47. The number of hydrogen-bond acceptors (Lipinski definition) is 5. The first kappa shape index (κ1) is 17.6. The minimum atomic E-state index is -3.29. The third-order valence-corrected chi connectivity index (χ3v) is 5.22. The summed E-state index contributed by atoms with van der Waals surface area (Å²) in [5.41, 5.74) is 1.11. The summed E-state index contributed by atoms with van der Waals surface area (Å²) in [4.78, 5) is 0. The minimum absolute atomic E-state index is 0.0341. The zero-order chi connectivity index (χ0) is 17.5. The first-order valence-corrected chi connectivity index (χ1v) is 9.81. The van der Waals surface area contributed by atoms with E-state index in [9.17, 15) is 8.42 Å². The summed E-state index contributed by atoms with van der Waals surface area (Å²) in [6, 6.07) is 15.1. The highest BCUT2D eigenvalue weighted by Crippen LogP contribution is 2.35. The minimum Gasteiger partial charge on any atom is -0.493 e. The topological polar surface area (TPSA) is 73.9 Å². The monoisotopic (exact) mass is 363 g/mol. The second kappa shape index (κ2) is 8.22. The van der Waals surface area contributed by atoms with Crippen LogP contribution in [0.4, 0.5) is 0 Å². The molecule has 1 heterocycles. The van der Waals surface area contributed by atoms with Crippen LogP contribution in [0, 0.1) is 0 Å². The lowest BCUT2D eigenvalue weighted by Crippen LogP contribution is -2.29. The number of nitrogens with one attached hydrogen (secondary N) is 1. The molecular formula is C18H21NO5S. The van der Waals surface area contributed by atoms with Crippen LogP contribution in [-0.4, -0.2) is 34.1 Å². The largest absolute Gasteiger partial charge is 0.493 e. The summed E-state index contributed by atoms with van der Waals surface area (Å²) in [6.07, 6.45) is 1.09. The molecule has 2 aromatic rings. The Morgan fingerprint density at radius 1 is 1.04 bits per heavy atom. The lowest BCUT2D eigenvalue weighted by molar-refractivity contribution is 0.173. The molecule has 0 aromatic heterocycles. The number of ether oxygens (including phenoxy) is 3. The zero-order valence-corrected chi connectivity index (χ0v) is 14.6. The summed E-state index contributed by atoms with van der Waals surface area (Å²) < 4.78 is 42.7. The van der Waals surface area contributed by atoms with Crippen LogP contribution in [0.5, 0.6) is 17.2 Å². The number of sulfonamides is 1. The second-order valence-electron chi connectivity index (χ2n) is 5.67. The van der Waals surface area contributed by atoms with Crippen LogP contribution in [0.2, 0.25) is 0 Å². The van der Waals surface area contributed by atoms with E-state index in [1.807, 2.05) is 30.3 Å². The average molecular weight is 363 g/mol. The highest BCUT2D eigenvalue weighted by Gasteiger charge is 2.14. The maximum absolute atomic E-state index is 12.0. The average Bonchev–Trinajstić information content (AvgIpc) is 3.07. The van der Waals surface area contributed by atoms with E-state index in [0.29, 0.717) is 43.2 Å². The third-order valence-electron chi connectivity index (χ3n) is 3.75. The number of benzene rings is 2. The Bertz CT molecular complexity index is 792. The highest BCUT2D eigenvalue weighted by molar-refractivity contribution is 7.89. The van der Waals surface area contributed by atoms with Gasteiger partial charge in [0.1, 0.15) is 5.75 Å². The molecule has 0 saturated carbocycles. The van der Waals surface area contributed by atoms with Crippen molar-refractivity contribution < 1.29 is 22.6 Å². The molecule has 1 N–H and O–H groups in total. The van der Waals surface area contributed by atoms with Crippen LogP contribution in [0.1, 0.15) is 12.0 Å². The van der Waals surface area contributed by atoms with Gasteiger partial charge in [0.2, 0.25) is 16.8 Å². The molecular weight excluding hydrogens is 342 g/mol. The van der Waals surface area contributed by atoms with E-state index >= 15 is 0 Å². The molecule has 25 heavy (non-hydrogen) atoms. The summed E-state index contributed by atoms with van der Waals surface area (Å²) in [6.45, 7) is 0.931. The van der Waals surface area contributed by atoms with Crippen molar-refractivity contribution in [3.63, 3.8) is 0 Å². The van der Waals surface area contributed by atoms with Crippen molar-refractivity contribution in [3.8, 4) is 17.2 Å². The fraction of sp³-hybridized carbons (Fsp3) is 0.333. The van der Waals surface area contributed by atoms with Crippen molar-refractivity contribution in [1.29, 1.82) is 0 Å². The molecule has 1 aliphatic rings. The summed E-state index contributed by atoms with van der Waals surface area (Å²) >= 11 is 0.